The highest BCUT2D eigenvalue weighted by molar-refractivity contribution is 5.79. The van der Waals surface area contributed by atoms with Gasteiger partial charge in [-0.1, -0.05) is 13.3 Å². The Kier molecular flexibility index (Phi) is 12.8. The lowest BCUT2D eigenvalue weighted by molar-refractivity contribution is 0.0487. The lowest BCUT2D eigenvalue weighted by Crippen LogP contribution is -2.40. The maximum Gasteiger partial charge on any atom is 0.191 e. The fourth-order valence-corrected chi connectivity index (χ4v) is 2.62. The van der Waals surface area contributed by atoms with Crippen LogP contribution in [0, 0.1) is 5.92 Å². The predicted octanol–water partition coefficient (Wildman–Crippen LogP) is 1.72. The highest BCUT2D eigenvalue weighted by Gasteiger charge is 2.16. The molecular weight excluding hydrogens is 304 g/mol. The number of guanidine groups is 1. The molecule has 6 nitrogen and oxygen atoms in total. The van der Waals surface area contributed by atoms with Crippen LogP contribution in [0.15, 0.2) is 4.99 Å². The zero-order valence-electron chi connectivity index (χ0n) is 16.0. The predicted molar refractivity (Wildman–Crippen MR) is 101 cm³/mol. The number of nitrogens with one attached hydrogen (secondary N) is 2. The van der Waals surface area contributed by atoms with Gasteiger partial charge < -0.3 is 25.0 Å². The molecule has 142 valence electrons. The van der Waals surface area contributed by atoms with Crippen molar-refractivity contribution in [3.05, 3.63) is 0 Å². The molecule has 6 heteroatoms. The van der Waals surface area contributed by atoms with Gasteiger partial charge in [0.05, 0.1) is 19.8 Å². The highest BCUT2D eigenvalue weighted by atomic mass is 16.5. The Morgan fingerprint density at radius 3 is 2.42 bits per heavy atom. The third-order valence-electron chi connectivity index (χ3n) is 4.24. The van der Waals surface area contributed by atoms with E-state index in [1.165, 1.54) is 32.4 Å². The Hall–Kier alpha value is -0.850. The van der Waals surface area contributed by atoms with Crippen molar-refractivity contribution in [3.63, 3.8) is 0 Å². The topological polar surface area (TPSA) is 58.1 Å². The molecule has 1 heterocycles. The summed E-state index contributed by atoms with van der Waals surface area (Å²) < 4.78 is 11.0. The molecule has 1 aliphatic rings. The van der Waals surface area contributed by atoms with Gasteiger partial charge in [0, 0.05) is 26.2 Å². The Balaban J connectivity index is 2.08. The molecule has 0 aromatic rings. The van der Waals surface area contributed by atoms with Crippen LogP contribution in [0.5, 0.6) is 0 Å². The molecule has 0 saturated carbocycles. The lowest BCUT2D eigenvalue weighted by Gasteiger charge is -2.28. The van der Waals surface area contributed by atoms with Crippen LogP contribution in [0.1, 0.15) is 39.5 Å². The first-order valence-corrected chi connectivity index (χ1v) is 9.62. The second kappa shape index (κ2) is 14.5. The Morgan fingerprint density at radius 2 is 1.75 bits per heavy atom. The summed E-state index contributed by atoms with van der Waals surface area (Å²) in [7, 11) is 2.19. The zero-order valence-corrected chi connectivity index (χ0v) is 16.0. The van der Waals surface area contributed by atoms with Crippen LogP contribution in [-0.2, 0) is 9.47 Å². The highest BCUT2D eigenvalue weighted by Crippen LogP contribution is 2.15. The summed E-state index contributed by atoms with van der Waals surface area (Å²) in [5, 5.41) is 6.65. The van der Waals surface area contributed by atoms with Crippen molar-refractivity contribution in [2.45, 2.75) is 39.5 Å². The minimum absolute atomic E-state index is 0.661. The summed E-state index contributed by atoms with van der Waals surface area (Å²) in [5.41, 5.74) is 0. The second-order valence-corrected chi connectivity index (χ2v) is 6.47. The number of likely N-dealkylation sites (tertiary alicyclic amines) is 1. The molecule has 0 aromatic heterocycles. The summed E-state index contributed by atoms with van der Waals surface area (Å²) in [4.78, 5) is 7.12. The number of rotatable bonds is 12. The van der Waals surface area contributed by atoms with E-state index in [0.717, 1.165) is 38.6 Å². The molecular formula is C18H38N4O2. The van der Waals surface area contributed by atoms with Crippen molar-refractivity contribution in [2.24, 2.45) is 10.9 Å². The first-order chi connectivity index (χ1) is 11.8. The van der Waals surface area contributed by atoms with E-state index in [4.69, 9.17) is 14.5 Å². The molecule has 0 aliphatic carbocycles. The van der Waals surface area contributed by atoms with Crippen LogP contribution < -0.4 is 10.6 Å². The van der Waals surface area contributed by atoms with Crippen molar-refractivity contribution in [3.8, 4) is 0 Å². The molecule has 0 amide bonds. The number of ether oxygens (including phenoxy) is 2. The molecule has 1 saturated heterocycles. The molecule has 1 aliphatic heterocycles. The lowest BCUT2D eigenvalue weighted by atomic mass is 9.97. The van der Waals surface area contributed by atoms with Crippen molar-refractivity contribution in [1.82, 2.24) is 15.5 Å². The van der Waals surface area contributed by atoms with E-state index in [0.29, 0.717) is 25.7 Å². The van der Waals surface area contributed by atoms with E-state index >= 15 is 0 Å². The van der Waals surface area contributed by atoms with Gasteiger partial charge in [0.15, 0.2) is 5.96 Å². The van der Waals surface area contributed by atoms with Gasteiger partial charge in [0.1, 0.15) is 0 Å². The van der Waals surface area contributed by atoms with E-state index < -0.39 is 0 Å². The maximum absolute atomic E-state index is 5.57. The van der Waals surface area contributed by atoms with E-state index in [1.807, 2.05) is 0 Å². The van der Waals surface area contributed by atoms with E-state index in [-0.39, 0.29) is 0 Å². The van der Waals surface area contributed by atoms with Crippen molar-refractivity contribution in [1.29, 1.82) is 0 Å². The maximum atomic E-state index is 5.57. The van der Waals surface area contributed by atoms with E-state index in [2.05, 4.69) is 36.4 Å². The van der Waals surface area contributed by atoms with E-state index in [1.54, 1.807) is 0 Å². The summed E-state index contributed by atoms with van der Waals surface area (Å²) in [6, 6.07) is 0. The molecule has 0 unspecified atom stereocenters. The third kappa shape index (κ3) is 10.8. The fraction of sp³-hybridized carbons (Fsp3) is 0.944. The van der Waals surface area contributed by atoms with Crippen LogP contribution in [-0.4, -0.2) is 77.1 Å². The molecule has 0 spiro atoms. The van der Waals surface area contributed by atoms with Gasteiger partial charge in [-0.15, -0.1) is 0 Å². The van der Waals surface area contributed by atoms with Crippen LogP contribution >= 0.6 is 0 Å². The molecule has 1 fully saturated rings. The minimum atomic E-state index is 0.661. The number of unbranched alkanes of at least 4 members (excludes halogenated alkanes) is 1. The van der Waals surface area contributed by atoms with Gasteiger partial charge in [-0.2, -0.15) is 0 Å². The van der Waals surface area contributed by atoms with Crippen LogP contribution in [0.25, 0.3) is 0 Å². The molecule has 0 atom stereocenters. The first-order valence-electron chi connectivity index (χ1n) is 9.62. The van der Waals surface area contributed by atoms with Crippen molar-refractivity contribution in [2.75, 3.05) is 66.2 Å². The zero-order chi connectivity index (χ0) is 17.5. The monoisotopic (exact) mass is 342 g/mol. The average molecular weight is 343 g/mol. The smallest absolute Gasteiger partial charge is 0.191 e. The number of hydrogen-bond acceptors (Lipinski definition) is 4. The number of piperidine rings is 1. The SMILES string of the molecule is CCCCOCCOCCNC(=NCC1CCN(C)CC1)NCC. The van der Waals surface area contributed by atoms with Gasteiger partial charge in [-0.3, -0.25) is 4.99 Å². The Morgan fingerprint density at radius 1 is 1.04 bits per heavy atom. The van der Waals surface area contributed by atoms with Crippen molar-refractivity contribution < 1.29 is 9.47 Å². The van der Waals surface area contributed by atoms with Gasteiger partial charge in [-0.05, 0) is 52.2 Å². The quantitative estimate of drug-likeness (QED) is 0.321. The molecule has 0 aromatic carbocycles. The van der Waals surface area contributed by atoms with Gasteiger partial charge in [-0.25, -0.2) is 0 Å². The van der Waals surface area contributed by atoms with E-state index in [9.17, 15) is 0 Å². The van der Waals surface area contributed by atoms with Crippen LogP contribution in [0.3, 0.4) is 0 Å². The number of nitrogens with zero attached hydrogens (tertiary/aromatic N) is 2. The minimum Gasteiger partial charge on any atom is -0.379 e. The van der Waals surface area contributed by atoms with Gasteiger partial charge >= 0.3 is 0 Å². The first kappa shape index (κ1) is 21.2. The molecule has 24 heavy (non-hydrogen) atoms. The number of hydrogen-bond donors (Lipinski definition) is 2. The van der Waals surface area contributed by atoms with Gasteiger partial charge in [0.2, 0.25) is 0 Å². The van der Waals surface area contributed by atoms with Crippen molar-refractivity contribution >= 4 is 5.96 Å². The normalized spacial score (nSPS) is 17.2. The standard InChI is InChI=1S/C18H38N4O2/c1-4-6-12-23-14-15-24-13-9-20-18(19-5-2)21-16-17-7-10-22(3)11-8-17/h17H,4-16H2,1-3H3,(H2,19,20,21). The molecule has 2 N–H and O–H groups in total. The number of aliphatic imine (C=N–C) groups is 1. The molecule has 1 rings (SSSR count). The summed E-state index contributed by atoms with van der Waals surface area (Å²) in [6.07, 6.45) is 4.80. The summed E-state index contributed by atoms with van der Waals surface area (Å²) in [6.45, 7) is 12.1. The van der Waals surface area contributed by atoms with Crippen LogP contribution in [0.4, 0.5) is 0 Å². The van der Waals surface area contributed by atoms with Gasteiger partial charge in [0.25, 0.3) is 0 Å². The molecule has 0 radical (unpaired) electrons. The summed E-state index contributed by atoms with van der Waals surface area (Å²) >= 11 is 0. The Bertz CT molecular complexity index is 318. The second-order valence-electron chi connectivity index (χ2n) is 6.47. The fourth-order valence-electron chi connectivity index (χ4n) is 2.62. The largest absolute Gasteiger partial charge is 0.379 e. The Labute approximate surface area is 148 Å². The summed E-state index contributed by atoms with van der Waals surface area (Å²) in [5.74, 6) is 1.62. The third-order valence-corrected chi connectivity index (χ3v) is 4.24. The average Bonchev–Trinajstić information content (AvgIpc) is 2.59. The van der Waals surface area contributed by atoms with Crippen LogP contribution in [0.2, 0.25) is 0 Å². The molecule has 0 bridgehead atoms.